The van der Waals surface area contributed by atoms with E-state index >= 15 is 0 Å². The lowest BCUT2D eigenvalue weighted by atomic mass is 10.2. The van der Waals surface area contributed by atoms with Crippen LogP contribution in [-0.4, -0.2) is 16.3 Å². The summed E-state index contributed by atoms with van der Waals surface area (Å²) >= 11 is 4.84. The van der Waals surface area contributed by atoms with Crippen molar-refractivity contribution in [1.82, 2.24) is 0 Å². The van der Waals surface area contributed by atoms with E-state index in [1.165, 1.54) is 11.8 Å². The molecule has 1 atom stereocenters. The Bertz CT molecular complexity index is 324. The zero-order valence-electron chi connectivity index (χ0n) is 8.44. The highest BCUT2D eigenvalue weighted by Crippen LogP contribution is 2.21. The Morgan fingerprint density at radius 3 is 2.53 bits per heavy atom. The van der Waals surface area contributed by atoms with Gasteiger partial charge in [-0.2, -0.15) is 0 Å². The molecule has 1 aromatic rings. The van der Waals surface area contributed by atoms with Crippen molar-refractivity contribution < 1.29 is 9.90 Å². The van der Waals surface area contributed by atoms with Crippen LogP contribution in [0.5, 0.6) is 0 Å². The van der Waals surface area contributed by atoms with E-state index in [0.29, 0.717) is 6.42 Å². The summed E-state index contributed by atoms with van der Waals surface area (Å²) in [6.45, 7) is 1.90. The summed E-state index contributed by atoms with van der Waals surface area (Å²) in [7, 11) is 0. The Balaban J connectivity index is 2.49. The van der Waals surface area contributed by atoms with Crippen molar-refractivity contribution in [2.75, 3.05) is 0 Å². The molecule has 2 nitrogen and oxygen atoms in total. The third kappa shape index (κ3) is 4.26. The van der Waals surface area contributed by atoms with Crippen LogP contribution in [0.4, 0.5) is 0 Å². The quantitative estimate of drug-likeness (QED) is 0.900. The average molecular weight is 289 g/mol. The molecule has 0 aromatic heterocycles. The largest absolute Gasteiger partial charge is 0.480 e. The maximum Gasteiger partial charge on any atom is 0.316 e. The van der Waals surface area contributed by atoms with E-state index < -0.39 is 5.97 Å². The van der Waals surface area contributed by atoms with Gasteiger partial charge in [-0.05, 0) is 24.1 Å². The summed E-state index contributed by atoms with van der Waals surface area (Å²) in [5, 5.41) is 8.57. The fourth-order valence-electron chi connectivity index (χ4n) is 1.14. The van der Waals surface area contributed by atoms with Gasteiger partial charge in [0.2, 0.25) is 0 Å². The van der Waals surface area contributed by atoms with E-state index in [-0.39, 0.29) is 5.25 Å². The van der Waals surface area contributed by atoms with E-state index in [9.17, 15) is 4.79 Å². The summed E-state index contributed by atoms with van der Waals surface area (Å²) in [4.78, 5) is 10.8. The second-order valence-corrected chi connectivity index (χ2v) is 5.28. The highest BCUT2D eigenvalue weighted by Gasteiger charge is 2.14. The number of benzene rings is 1. The molecule has 0 fully saturated rings. The van der Waals surface area contributed by atoms with Crippen LogP contribution in [0.3, 0.4) is 0 Å². The molecule has 0 amide bonds. The molecule has 1 N–H and O–H groups in total. The zero-order valence-corrected chi connectivity index (χ0v) is 10.8. The lowest BCUT2D eigenvalue weighted by Gasteiger charge is -2.08. The Morgan fingerprint density at radius 2 is 2.07 bits per heavy atom. The number of halogens is 1. The Kier molecular flexibility index (Phi) is 5.19. The molecular weight excluding hydrogens is 276 g/mol. The lowest BCUT2D eigenvalue weighted by Crippen LogP contribution is -2.14. The molecule has 0 aliphatic heterocycles. The minimum atomic E-state index is -0.723. The summed E-state index contributed by atoms with van der Waals surface area (Å²) < 4.78 is 1.04. The van der Waals surface area contributed by atoms with Crippen molar-refractivity contribution in [3.8, 4) is 0 Å². The van der Waals surface area contributed by atoms with Crippen LogP contribution < -0.4 is 0 Å². The average Bonchev–Trinajstić information content (AvgIpc) is 2.21. The fraction of sp³-hybridized carbons (Fsp3) is 0.364. The van der Waals surface area contributed by atoms with Crippen LogP contribution in [0.25, 0.3) is 0 Å². The second-order valence-electron chi connectivity index (χ2n) is 3.17. The number of aliphatic carboxylic acids is 1. The molecule has 82 valence electrons. The molecule has 1 unspecified atom stereocenters. The number of hydrogen-bond acceptors (Lipinski definition) is 2. The highest BCUT2D eigenvalue weighted by atomic mass is 79.9. The number of carboxylic acids is 1. The zero-order chi connectivity index (χ0) is 11.3. The monoisotopic (exact) mass is 288 g/mol. The molecule has 4 heteroatoms. The number of thioether (sulfide) groups is 1. The molecule has 0 aliphatic carbocycles. The van der Waals surface area contributed by atoms with Crippen LogP contribution >= 0.6 is 27.7 Å². The van der Waals surface area contributed by atoms with E-state index in [1.54, 1.807) is 0 Å². The first-order valence-corrected chi connectivity index (χ1v) is 6.56. The predicted molar refractivity (Wildman–Crippen MR) is 67.2 cm³/mol. The predicted octanol–water partition coefficient (Wildman–Crippen LogP) is 3.55. The first-order chi connectivity index (χ1) is 7.13. The van der Waals surface area contributed by atoms with E-state index in [1.807, 2.05) is 31.2 Å². The maximum atomic E-state index is 10.8. The van der Waals surface area contributed by atoms with Crippen molar-refractivity contribution >= 4 is 33.7 Å². The molecule has 1 aromatic carbocycles. The number of carboxylic acid groups (broad SMARTS) is 1. The molecule has 0 saturated carbocycles. The smallest absolute Gasteiger partial charge is 0.316 e. The van der Waals surface area contributed by atoms with Crippen molar-refractivity contribution in [3.63, 3.8) is 0 Å². The maximum absolute atomic E-state index is 10.8. The van der Waals surface area contributed by atoms with Gasteiger partial charge < -0.3 is 5.11 Å². The van der Waals surface area contributed by atoms with Gasteiger partial charge in [0.25, 0.3) is 0 Å². The number of carbonyl (C=O) groups is 1. The fourth-order valence-corrected chi connectivity index (χ4v) is 2.37. The van der Waals surface area contributed by atoms with Crippen LogP contribution in [0.2, 0.25) is 0 Å². The van der Waals surface area contributed by atoms with Gasteiger partial charge in [0, 0.05) is 10.2 Å². The van der Waals surface area contributed by atoms with Gasteiger partial charge in [0.15, 0.2) is 0 Å². The summed E-state index contributed by atoms with van der Waals surface area (Å²) in [6, 6.07) is 7.95. The van der Waals surface area contributed by atoms with Gasteiger partial charge in [0.05, 0.1) is 0 Å². The van der Waals surface area contributed by atoms with Gasteiger partial charge in [-0.1, -0.05) is 35.0 Å². The molecule has 0 aliphatic rings. The number of rotatable bonds is 5. The number of hydrogen-bond donors (Lipinski definition) is 1. The van der Waals surface area contributed by atoms with Crippen molar-refractivity contribution in [2.24, 2.45) is 0 Å². The highest BCUT2D eigenvalue weighted by molar-refractivity contribution is 9.10. The summed E-state index contributed by atoms with van der Waals surface area (Å²) in [6.07, 6.45) is 0.663. The molecule has 0 spiro atoms. The van der Waals surface area contributed by atoms with Crippen molar-refractivity contribution in [3.05, 3.63) is 34.3 Å². The minimum Gasteiger partial charge on any atom is -0.480 e. The van der Waals surface area contributed by atoms with Crippen molar-refractivity contribution in [1.29, 1.82) is 0 Å². The first kappa shape index (κ1) is 12.6. The van der Waals surface area contributed by atoms with Gasteiger partial charge >= 0.3 is 5.97 Å². The van der Waals surface area contributed by atoms with E-state index in [2.05, 4.69) is 15.9 Å². The molecule has 15 heavy (non-hydrogen) atoms. The molecule has 0 bridgehead atoms. The third-order valence-electron chi connectivity index (χ3n) is 2.01. The SMILES string of the molecule is CCC(SCc1ccc(Br)cc1)C(=O)O. The minimum absolute atomic E-state index is 0.298. The molecule has 0 radical (unpaired) electrons. The van der Waals surface area contributed by atoms with Crippen LogP contribution in [0.1, 0.15) is 18.9 Å². The lowest BCUT2D eigenvalue weighted by molar-refractivity contribution is -0.136. The first-order valence-electron chi connectivity index (χ1n) is 4.72. The Hall–Kier alpha value is -0.480. The van der Waals surface area contributed by atoms with E-state index in [0.717, 1.165) is 15.8 Å². The van der Waals surface area contributed by atoms with Crippen molar-refractivity contribution in [2.45, 2.75) is 24.3 Å². The molecule has 0 saturated heterocycles. The van der Waals surface area contributed by atoms with Gasteiger partial charge in [-0.3, -0.25) is 4.79 Å². The van der Waals surface area contributed by atoms with Crippen LogP contribution in [0, 0.1) is 0 Å². The van der Waals surface area contributed by atoms with E-state index in [4.69, 9.17) is 5.11 Å². The Morgan fingerprint density at radius 1 is 1.47 bits per heavy atom. The normalized spacial score (nSPS) is 12.4. The van der Waals surface area contributed by atoms with Gasteiger partial charge in [-0.15, -0.1) is 11.8 Å². The Labute approximate surface area is 102 Å². The van der Waals surface area contributed by atoms with Crippen LogP contribution in [-0.2, 0) is 10.5 Å². The summed E-state index contributed by atoms with van der Waals surface area (Å²) in [5.74, 6) is 0.0255. The van der Waals surface area contributed by atoms with Crippen LogP contribution in [0.15, 0.2) is 28.7 Å². The second kappa shape index (κ2) is 6.18. The summed E-state index contributed by atoms with van der Waals surface area (Å²) in [5.41, 5.74) is 1.16. The van der Waals surface area contributed by atoms with Gasteiger partial charge in [-0.25, -0.2) is 0 Å². The third-order valence-corrected chi connectivity index (χ3v) is 3.98. The molecule has 1 rings (SSSR count). The topological polar surface area (TPSA) is 37.3 Å². The van der Waals surface area contributed by atoms with Gasteiger partial charge in [0.1, 0.15) is 5.25 Å². The molecule has 0 heterocycles. The standard InChI is InChI=1S/C11H13BrO2S/c1-2-10(11(13)14)15-7-8-3-5-9(12)6-4-8/h3-6,10H,2,7H2,1H3,(H,13,14). The molecular formula is C11H13BrO2S.